The Morgan fingerprint density at radius 1 is 1.22 bits per heavy atom. The fraction of sp³-hybridized carbons (Fsp3) is 0.400. The van der Waals surface area contributed by atoms with Crippen LogP contribution in [0.2, 0.25) is 0 Å². The van der Waals surface area contributed by atoms with Gasteiger partial charge >= 0.3 is 0 Å². The van der Waals surface area contributed by atoms with Gasteiger partial charge in [-0.3, -0.25) is 4.68 Å². The van der Waals surface area contributed by atoms with Crippen molar-refractivity contribution in [3.63, 3.8) is 0 Å². The predicted molar refractivity (Wildman–Crippen MR) is 75.3 cm³/mol. The molecule has 2 N–H and O–H groups in total. The third-order valence-corrected chi connectivity index (χ3v) is 3.22. The van der Waals surface area contributed by atoms with Gasteiger partial charge in [-0.1, -0.05) is 25.1 Å². The van der Waals surface area contributed by atoms with E-state index in [4.69, 9.17) is 5.73 Å². The van der Waals surface area contributed by atoms with Crippen molar-refractivity contribution < 1.29 is 0 Å². The molecule has 0 bridgehead atoms. The monoisotopic (exact) mass is 243 g/mol. The van der Waals surface area contributed by atoms with Gasteiger partial charge in [0.1, 0.15) is 0 Å². The van der Waals surface area contributed by atoms with Gasteiger partial charge in [0.25, 0.3) is 0 Å². The van der Waals surface area contributed by atoms with Crippen molar-refractivity contribution in [2.45, 2.75) is 40.3 Å². The number of nitrogens with two attached hydrogens (primary N) is 1. The number of rotatable bonds is 4. The van der Waals surface area contributed by atoms with Crippen molar-refractivity contribution in [2.24, 2.45) is 5.73 Å². The second-order valence-corrected chi connectivity index (χ2v) is 4.74. The lowest BCUT2D eigenvalue weighted by molar-refractivity contribution is 0.598. The van der Waals surface area contributed by atoms with Gasteiger partial charge in [-0.2, -0.15) is 5.10 Å². The maximum atomic E-state index is 5.66. The minimum absolute atomic E-state index is 0.592. The van der Waals surface area contributed by atoms with E-state index in [0.717, 1.165) is 18.7 Å². The van der Waals surface area contributed by atoms with E-state index in [-0.39, 0.29) is 0 Å². The van der Waals surface area contributed by atoms with Crippen LogP contribution < -0.4 is 5.73 Å². The van der Waals surface area contributed by atoms with Crippen molar-refractivity contribution >= 4 is 0 Å². The van der Waals surface area contributed by atoms with Crippen LogP contribution in [-0.2, 0) is 13.1 Å². The first-order valence-corrected chi connectivity index (χ1v) is 6.49. The fourth-order valence-corrected chi connectivity index (χ4v) is 2.28. The Hall–Kier alpha value is -1.61. The molecule has 0 radical (unpaired) electrons. The van der Waals surface area contributed by atoms with E-state index in [1.54, 1.807) is 0 Å². The van der Waals surface area contributed by atoms with Crippen LogP contribution in [0.5, 0.6) is 0 Å². The summed E-state index contributed by atoms with van der Waals surface area (Å²) in [6.45, 7) is 7.93. The molecule has 96 valence electrons. The van der Waals surface area contributed by atoms with Gasteiger partial charge in [-0.15, -0.1) is 0 Å². The highest BCUT2D eigenvalue weighted by molar-refractivity contribution is 5.69. The number of nitrogens with zero attached hydrogens (tertiary/aromatic N) is 2. The van der Waals surface area contributed by atoms with Crippen molar-refractivity contribution in [1.29, 1.82) is 0 Å². The molecule has 0 aliphatic rings. The molecule has 1 aromatic heterocycles. The molecule has 0 amide bonds. The van der Waals surface area contributed by atoms with Crippen LogP contribution in [-0.4, -0.2) is 9.78 Å². The molecule has 0 aliphatic carbocycles. The number of hydrogen-bond acceptors (Lipinski definition) is 2. The standard InChI is InChI=1S/C15H21N3/c1-4-7-18-10-15(12(3)17-18)14-6-5-13(9-16)8-11(14)2/h5-6,8,10H,4,7,9,16H2,1-3H3. The average molecular weight is 243 g/mol. The lowest BCUT2D eigenvalue weighted by atomic mass is 9.99. The summed E-state index contributed by atoms with van der Waals surface area (Å²) in [7, 11) is 0. The third-order valence-electron chi connectivity index (χ3n) is 3.22. The third kappa shape index (κ3) is 2.46. The molecule has 1 aromatic carbocycles. The number of aromatic nitrogens is 2. The van der Waals surface area contributed by atoms with E-state index in [9.17, 15) is 0 Å². The summed E-state index contributed by atoms with van der Waals surface area (Å²) in [4.78, 5) is 0. The molecule has 2 aromatic rings. The molecular formula is C15H21N3. The van der Waals surface area contributed by atoms with Crippen molar-refractivity contribution in [3.8, 4) is 11.1 Å². The molecule has 0 aliphatic heterocycles. The molecule has 3 heteroatoms. The molecule has 0 unspecified atom stereocenters. The van der Waals surface area contributed by atoms with Crippen LogP contribution in [0, 0.1) is 13.8 Å². The molecule has 1 heterocycles. The Morgan fingerprint density at radius 2 is 2.00 bits per heavy atom. The van der Waals surface area contributed by atoms with Gasteiger partial charge in [0.15, 0.2) is 0 Å². The zero-order valence-electron chi connectivity index (χ0n) is 11.4. The Labute approximate surface area is 109 Å². The highest BCUT2D eigenvalue weighted by Gasteiger charge is 2.09. The Bertz CT molecular complexity index is 541. The van der Waals surface area contributed by atoms with E-state index in [1.807, 2.05) is 4.68 Å². The zero-order chi connectivity index (χ0) is 13.1. The van der Waals surface area contributed by atoms with Gasteiger partial charge in [-0.05, 0) is 37.0 Å². The van der Waals surface area contributed by atoms with Crippen LogP contribution in [0.25, 0.3) is 11.1 Å². The summed E-state index contributed by atoms with van der Waals surface area (Å²) in [6.07, 6.45) is 3.24. The first-order chi connectivity index (χ1) is 8.65. The summed E-state index contributed by atoms with van der Waals surface area (Å²) in [5.74, 6) is 0. The first kappa shape index (κ1) is 12.8. The van der Waals surface area contributed by atoms with Crippen molar-refractivity contribution in [1.82, 2.24) is 9.78 Å². The molecule has 0 spiro atoms. The van der Waals surface area contributed by atoms with Crippen molar-refractivity contribution in [2.75, 3.05) is 0 Å². The summed E-state index contributed by atoms with van der Waals surface area (Å²) in [6, 6.07) is 6.41. The van der Waals surface area contributed by atoms with Crippen LogP contribution >= 0.6 is 0 Å². The van der Waals surface area contributed by atoms with Gasteiger partial charge in [0.2, 0.25) is 0 Å². The molecule has 0 saturated heterocycles. The summed E-state index contributed by atoms with van der Waals surface area (Å²) in [5, 5.41) is 4.55. The number of benzene rings is 1. The van der Waals surface area contributed by atoms with Crippen LogP contribution in [0.4, 0.5) is 0 Å². The van der Waals surface area contributed by atoms with Crippen LogP contribution in [0.1, 0.15) is 30.2 Å². The smallest absolute Gasteiger partial charge is 0.0672 e. The minimum Gasteiger partial charge on any atom is -0.326 e. The number of hydrogen-bond donors (Lipinski definition) is 1. The minimum atomic E-state index is 0.592. The summed E-state index contributed by atoms with van der Waals surface area (Å²) >= 11 is 0. The highest BCUT2D eigenvalue weighted by Crippen LogP contribution is 2.26. The van der Waals surface area contributed by atoms with Crippen LogP contribution in [0.15, 0.2) is 24.4 Å². The summed E-state index contributed by atoms with van der Waals surface area (Å²) in [5.41, 5.74) is 11.7. The average Bonchev–Trinajstić information content (AvgIpc) is 2.70. The lowest BCUT2D eigenvalue weighted by Gasteiger charge is -2.06. The van der Waals surface area contributed by atoms with Crippen molar-refractivity contribution in [3.05, 3.63) is 41.2 Å². The lowest BCUT2D eigenvalue weighted by Crippen LogP contribution is -1.97. The normalized spacial score (nSPS) is 10.9. The Balaban J connectivity index is 2.41. The molecule has 3 nitrogen and oxygen atoms in total. The summed E-state index contributed by atoms with van der Waals surface area (Å²) < 4.78 is 2.03. The topological polar surface area (TPSA) is 43.8 Å². The maximum Gasteiger partial charge on any atom is 0.0672 e. The zero-order valence-corrected chi connectivity index (χ0v) is 11.4. The van der Waals surface area contributed by atoms with E-state index in [1.165, 1.54) is 22.3 Å². The molecule has 0 atom stereocenters. The van der Waals surface area contributed by atoms with Gasteiger partial charge in [-0.25, -0.2) is 0 Å². The first-order valence-electron chi connectivity index (χ1n) is 6.49. The quantitative estimate of drug-likeness (QED) is 0.897. The molecule has 0 saturated carbocycles. The Kier molecular flexibility index (Phi) is 3.82. The van der Waals surface area contributed by atoms with Gasteiger partial charge in [0.05, 0.1) is 5.69 Å². The fourth-order valence-electron chi connectivity index (χ4n) is 2.28. The van der Waals surface area contributed by atoms with E-state index in [2.05, 4.69) is 50.3 Å². The Morgan fingerprint density at radius 3 is 2.61 bits per heavy atom. The second-order valence-electron chi connectivity index (χ2n) is 4.74. The molecule has 0 fully saturated rings. The van der Waals surface area contributed by atoms with E-state index in [0.29, 0.717) is 6.54 Å². The maximum absolute atomic E-state index is 5.66. The van der Waals surface area contributed by atoms with Gasteiger partial charge in [0, 0.05) is 24.8 Å². The molecular weight excluding hydrogens is 222 g/mol. The SMILES string of the molecule is CCCn1cc(-c2ccc(CN)cc2C)c(C)n1. The van der Waals surface area contributed by atoms with Crippen LogP contribution in [0.3, 0.4) is 0 Å². The number of aryl methyl sites for hydroxylation is 3. The van der Waals surface area contributed by atoms with Gasteiger partial charge < -0.3 is 5.73 Å². The van der Waals surface area contributed by atoms with E-state index < -0.39 is 0 Å². The van der Waals surface area contributed by atoms with E-state index >= 15 is 0 Å². The second kappa shape index (κ2) is 5.36. The molecule has 18 heavy (non-hydrogen) atoms. The predicted octanol–water partition coefficient (Wildman–Crippen LogP) is 3.04. The largest absolute Gasteiger partial charge is 0.326 e. The molecule has 2 rings (SSSR count). The highest BCUT2D eigenvalue weighted by atomic mass is 15.3.